The molecule has 94 valence electrons. The van der Waals surface area contributed by atoms with E-state index in [9.17, 15) is 8.42 Å². The van der Waals surface area contributed by atoms with Crippen LogP contribution in [0.3, 0.4) is 0 Å². The molecule has 5 nitrogen and oxygen atoms in total. The summed E-state index contributed by atoms with van der Waals surface area (Å²) in [5.74, 6) is 1.16. The first-order valence-electron chi connectivity index (χ1n) is 6.15. The van der Waals surface area contributed by atoms with Gasteiger partial charge in [0.15, 0.2) is 0 Å². The minimum Gasteiger partial charge on any atom is -0.284 e. The van der Waals surface area contributed by atoms with E-state index in [2.05, 4.69) is 10.2 Å². The van der Waals surface area contributed by atoms with Crippen LogP contribution in [-0.4, -0.2) is 36.0 Å². The summed E-state index contributed by atoms with van der Waals surface area (Å²) >= 11 is 0. The summed E-state index contributed by atoms with van der Waals surface area (Å²) in [5.41, 5.74) is 0. The van der Waals surface area contributed by atoms with Gasteiger partial charge in [-0.05, 0) is 37.5 Å². The Morgan fingerprint density at radius 3 is 2.24 bits per heavy atom. The van der Waals surface area contributed by atoms with Gasteiger partial charge in [0.25, 0.3) is 0 Å². The number of nitrogens with zero attached hydrogens (tertiary/aromatic N) is 2. The maximum atomic E-state index is 12.4. The molecule has 2 saturated carbocycles. The van der Waals surface area contributed by atoms with E-state index in [4.69, 9.17) is 0 Å². The van der Waals surface area contributed by atoms with Crippen molar-refractivity contribution in [3.05, 3.63) is 12.4 Å². The number of hydrogen-bond acceptors (Lipinski definition) is 3. The molecule has 0 aromatic carbocycles. The van der Waals surface area contributed by atoms with Crippen molar-refractivity contribution in [2.24, 2.45) is 11.8 Å². The highest BCUT2D eigenvalue weighted by atomic mass is 32.2. The van der Waals surface area contributed by atoms with Crippen LogP contribution in [0.15, 0.2) is 17.3 Å². The molecule has 1 N–H and O–H groups in total. The molecular weight excluding hydrogens is 238 g/mol. The molecule has 0 aliphatic heterocycles. The van der Waals surface area contributed by atoms with Crippen molar-refractivity contribution in [3.63, 3.8) is 0 Å². The number of H-pyrrole nitrogens is 1. The van der Waals surface area contributed by atoms with Crippen molar-refractivity contribution in [3.8, 4) is 0 Å². The normalized spacial score (nSPS) is 21.0. The summed E-state index contributed by atoms with van der Waals surface area (Å²) in [6.45, 7) is 1.37. The van der Waals surface area contributed by atoms with Crippen LogP contribution in [0.1, 0.15) is 25.7 Å². The number of aromatic nitrogens is 2. The van der Waals surface area contributed by atoms with Crippen molar-refractivity contribution in [2.45, 2.75) is 30.6 Å². The zero-order valence-corrected chi connectivity index (χ0v) is 10.5. The molecule has 0 bridgehead atoms. The Bertz CT molecular complexity index is 461. The highest BCUT2D eigenvalue weighted by Gasteiger charge is 2.35. The van der Waals surface area contributed by atoms with Crippen molar-refractivity contribution in [2.75, 3.05) is 13.1 Å². The van der Waals surface area contributed by atoms with Crippen LogP contribution < -0.4 is 0 Å². The molecule has 0 spiro atoms. The van der Waals surface area contributed by atoms with Crippen LogP contribution in [0, 0.1) is 11.8 Å². The van der Waals surface area contributed by atoms with Crippen molar-refractivity contribution in [1.82, 2.24) is 14.5 Å². The predicted octanol–water partition coefficient (Wildman–Crippen LogP) is 1.22. The molecule has 0 atom stereocenters. The van der Waals surface area contributed by atoms with E-state index in [1.54, 1.807) is 4.31 Å². The predicted molar refractivity (Wildman–Crippen MR) is 62.8 cm³/mol. The quantitative estimate of drug-likeness (QED) is 0.831. The molecule has 3 rings (SSSR count). The van der Waals surface area contributed by atoms with E-state index in [0.717, 1.165) is 0 Å². The van der Waals surface area contributed by atoms with Gasteiger partial charge in [0.1, 0.15) is 4.90 Å². The molecule has 2 fully saturated rings. The lowest BCUT2D eigenvalue weighted by Crippen LogP contribution is -2.34. The Morgan fingerprint density at radius 1 is 1.24 bits per heavy atom. The monoisotopic (exact) mass is 255 g/mol. The van der Waals surface area contributed by atoms with Crippen LogP contribution in [0.2, 0.25) is 0 Å². The fraction of sp³-hybridized carbons (Fsp3) is 0.727. The second-order valence-electron chi connectivity index (χ2n) is 5.14. The first-order valence-corrected chi connectivity index (χ1v) is 7.59. The third-order valence-electron chi connectivity index (χ3n) is 3.43. The third kappa shape index (κ3) is 2.52. The average molecular weight is 255 g/mol. The van der Waals surface area contributed by atoms with Crippen LogP contribution >= 0.6 is 0 Å². The molecule has 17 heavy (non-hydrogen) atoms. The highest BCUT2D eigenvalue weighted by Crippen LogP contribution is 2.35. The smallest absolute Gasteiger partial charge is 0.246 e. The molecule has 2 aliphatic carbocycles. The van der Waals surface area contributed by atoms with Crippen molar-refractivity contribution >= 4 is 10.0 Å². The molecule has 0 radical (unpaired) electrons. The Balaban J connectivity index is 1.79. The van der Waals surface area contributed by atoms with Gasteiger partial charge < -0.3 is 0 Å². The molecule has 2 aliphatic rings. The van der Waals surface area contributed by atoms with Gasteiger partial charge in [-0.3, -0.25) is 5.10 Å². The van der Waals surface area contributed by atoms with E-state index < -0.39 is 10.0 Å². The molecule has 1 aromatic heterocycles. The minimum atomic E-state index is -3.33. The Kier molecular flexibility index (Phi) is 2.71. The summed E-state index contributed by atoms with van der Waals surface area (Å²) in [6, 6.07) is 0. The summed E-state index contributed by atoms with van der Waals surface area (Å²) in [5, 5.41) is 6.30. The van der Waals surface area contributed by atoms with Crippen LogP contribution in [0.4, 0.5) is 0 Å². The summed E-state index contributed by atoms with van der Waals surface area (Å²) in [6.07, 6.45) is 7.53. The zero-order chi connectivity index (χ0) is 11.9. The van der Waals surface area contributed by atoms with Gasteiger partial charge >= 0.3 is 0 Å². The van der Waals surface area contributed by atoms with Crippen LogP contribution in [0.25, 0.3) is 0 Å². The summed E-state index contributed by atoms with van der Waals surface area (Å²) in [7, 11) is -3.33. The second kappa shape index (κ2) is 4.10. The maximum absolute atomic E-state index is 12.4. The number of hydrogen-bond donors (Lipinski definition) is 1. The largest absolute Gasteiger partial charge is 0.284 e. The summed E-state index contributed by atoms with van der Waals surface area (Å²) < 4.78 is 26.4. The first kappa shape index (κ1) is 11.2. The van der Waals surface area contributed by atoms with Gasteiger partial charge in [-0.2, -0.15) is 9.40 Å². The van der Waals surface area contributed by atoms with Crippen LogP contribution in [-0.2, 0) is 10.0 Å². The molecule has 0 amide bonds. The molecule has 1 heterocycles. The van der Waals surface area contributed by atoms with E-state index in [1.165, 1.54) is 38.1 Å². The standard InChI is InChI=1S/C11H17N3O2S/c15-17(16,11-5-12-13-6-11)14(7-9-1-2-9)8-10-3-4-10/h5-6,9-10H,1-4,7-8H2,(H,12,13). The maximum Gasteiger partial charge on any atom is 0.246 e. The van der Waals surface area contributed by atoms with Crippen molar-refractivity contribution < 1.29 is 8.42 Å². The Morgan fingerprint density at radius 2 is 1.82 bits per heavy atom. The van der Waals surface area contributed by atoms with Gasteiger partial charge in [0, 0.05) is 19.3 Å². The van der Waals surface area contributed by atoms with E-state index in [0.29, 0.717) is 29.8 Å². The van der Waals surface area contributed by atoms with Gasteiger partial charge in [-0.25, -0.2) is 8.42 Å². The Labute approximate surface area is 101 Å². The molecule has 0 saturated heterocycles. The molecule has 0 unspecified atom stereocenters. The highest BCUT2D eigenvalue weighted by molar-refractivity contribution is 7.89. The van der Waals surface area contributed by atoms with Gasteiger partial charge in [0.05, 0.1) is 6.20 Å². The van der Waals surface area contributed by atoms with Crippen molar-refractivity contribution in [1.29, 1.82) is 0 Å². The SMILES string of the molecule is O=S(=O)(c1cn[nH]c1)N(CC1CC1)CC1CC1. The van der Waals surface area contributed by atoms with Gasteiger partial charge in [-0.1, -0.05) is 0 Å². The number of sulfonamides is 1. The first-order chi connectivity index (χ1) is 8.16. The minimum absolute atomic E-state index is 0.291. The van der Waals surface area contributed by atoms with Crippen LogP contribution in [0.5, 0.6) is 0 Å². The number of aromatic amines is 1. The molecular formula is C11H17N3O2S. The Hall–Kier alpha value is -0.880. The van der Waals surface area contributed by atoms with E-state index in [1.807, 2.05) is 0 Å². The molecule has 1 aromatic rings. The zero-order valence-electron chi connectivity index (χ0n) is 9.67. The lowest BCUT2D eigenvalue weighted by molar-refractivity contribution is 0.382. The number of rotatable bonds is 6. The topological polar surface area (TPSA) is 66.1 Å². The number of nitrogens with one attached hydrogen (secondary N) is 1. The second-order valence-corrected chi connectivity index (χ2v) is 7.08. The average Bonchev–Trinajstić information content (AvgIpc) is 3.21. The lowest BCUT2D eigenvalue weighted by Gasteiger charge is -2.20. The fourth-order valence-corrected chi connectivity index (χ4v) is 3.48. The third-order valence-corrected chi connectivity index (χ3v) is 5.23. The fourth-order valence-electron chi connectivity index (χ4n) is 1.98. The van der Waals surface area contributed by atoms with Gasteiger partial charge in [-0.15, -0.1) is 0 Å². The van der Waals surface area contributed by atoms with E-state index in [-0.39, 0.29) is 0 Å². The lowest BCUT2D eigenvalue weighted by atomic mass is 10.4. The van der Waals surface area contributed by atoms with Gasteiger partial charge in [0.2, 0.25) is 10.0 Å². The molecule has 6 heteroatoms. The summed E-state index contributed by atoms with van der Waals surface area (Å²) in [4.78, 5) is 0.291. The van der Waals surface area contributed by atoms with E-state index >= 15 is 0 Å².